The molecular formula is C14H17N3O. The van der Waals surface area contributed by atoms with E-state index in [1.165, 1.54) is 5.56 Å². The number of hydrogen-bond acceptors (Lipinski definition) is 4. The molecule has 1 heterocycles. The molecule has 18 heavy (non-hydrogen) atoms. The molecule has 0 radical (unpaired) electrons. The second kappa shape index (κ2) is 6.14. The van der Waals surface area contributed by atoms with Gasteiger partial charge in [0, 0.05) is 6.20 Å². The molecule has 2 rings (SSSR count). The van der Waals surface area contributed by atoms with Crippen molar-refractivity contribution in [1.29, 1.82) is 0 Å². The van der Waals surface area contributed by atoms with Crippen molar-refractivity contribution < 1.29 is 4.74 Å². The maximum Gasteiger partial charge on any atom is 0.137 e. The molecule has 3 N–H and O–H groups in total. The molecule has 0 spiro atoms. The van der Waals surface area contributed by atoms with E-state index in [0.29, 0.717) is 0 Å². The van der Waals surface area contributed by atoms with Gasteiger partial charge in [-0.1, -0.05) is 30.3 Å². The Morgan fingerprint density at radius 3 is 2.72 bits per heavy atom. The third-order valence-corrected chi connectivity index (χ3v) is 2.86. The predicted molar refractivity (Wildman–Crippen MR) is 71.0 cm³/mol. The summed E-state index contributed by atoms with van der Waals surface area (Å²) < 4.78 is 5.17. The standard InChI is InChI=1S/C14H17N3O/c1-18-13-8-12(9-16-10-13)14(17-15)7-11-5-3-2-4-6-11/h2-6,8-10,14,17H,7,15H2,1H3. The highest BCUT2D eigenvalue weighted by Crippen LogP contribution is 2.20. The van der Waals surface area contributed by atoms with E-state index in [0.717, 1.165) is 17.7 Å². The summed E-state index contributed by atoms with van der Waals surface area (Å²) in [6.07, 6.45) is 4.29. The summed E-state index contributed by atoms with van der Waals surface area (Å²) >= 11 is 0. The van der Waals surface area contributed by atoms with Crippen LogP contribution >= 0.6 is 0 Å². The number of nitrogens with zero attached hydrogens (tertiary/aromatic N) is 1. The first kappa shape index (κ1) is 12.5. The van der Waals surface area contributed by atoms with Gasteiger partial charge in [0.05, 0.1) is 19.3 Å². The summed E-state index contributed by atoms with van der Waals surface area (Å²) in [5.41, 5.74) is 5.06. The number of rotatable bonds is 5. The van der Waals surface area contributed by atoms with Crippen LogP contribution in [0.25, 0.3) is 0 Å². The molecule has 4 nitrogen and oxygen atoms in total. The topological polar surface area (TPSA) is 60.2 Å². The van der Waals surface area contributed by atoms with E-state index in [9.17, 15) is 0 Å². The largest absolute Gasteiger partial charge is 0.495 e. The molecule has 0 bridgehead atoms. The van der Waals surface area contributed by atoms with E-state index in [2.05, 4.69) is 22.5 Å². The molecule has 94 valence electrons. The predicted octanol–water partition coefficient (Wildman–Crippen LogP) is 1.84. The quantitative estimate of drug-likeness (QED) is 0.621. The molecular weight excluding hydrogens is 226 g/mol. The summed E-state index contributed by atoms with van der Waals surface area (Å²) in [6.45, 7) is 0. The van der Waals surface area contributed by atoms with Crippen LogP contribution in [0.1, 0.15) is 17.2 Å². The highest BCUT2D eigenvalue weighted by molar-refractivity contribution is 5.27. The third kappa shape index (κ3) is 3.06. The first-order valence-corrected chi connectivity index (χ1v) is 5.82. The fourth-order valence-corrected chi connectivity index (χ4v) is 1.86. The van der Waals surface area contributed by atoms with Gasteiger partial charge in [-0.2, -0.15) is 0 Å². The zero-order chi connectivity index (χ0) is 12.8. The van der Waals surface area contributed by atoms with Crippen molar-refractivity contribution in [2.75, 3.05) is 7.11 Å². The first-order chi connectivity index (χ1) is 8.83. The Labute approximate surface area is 107 Å². The molecule has 0 amide bonds. The number of ether oxygens (including phenoxy) is 1. The van der Waals surface area contributed by atoms with E-state index < -0.39 is 0 Å². The van der Waals surface area contributed by atoms with Crippen LogP contribution < -0.4 is 16.0 Å². The molecule has 0 aliphatic heterocycles. The molecule has 1 unspecified atom stereocenters. The number of hydrazine groups is 1. The van der Waals surface area contributed by atoms with Crippen molar-refractivity contribution in [3.05, 3.63) is 59.9 Å². The highest BCUT2D eigenvalue weighted by Gasteiger charge is 2.11. The summed E-state index contributed by atoms with van der Waals surface area (Å²) in [6, 6.07) is 12.2. The Morgan fingerprint density at radius 2 is 2.06 bits per heavy atom. The van der Waals surface area contributed by atoms with Crippen molar-refractivity contribution in [1.82, 2.24) is 10.4 Å². The van der Waals surface area contributed by atoms with Crippen molar-refractivity contribution in [3.63, 3.8) is 0 Å². The van der Waals surface area contributed by atoms with Crippen LogP contribution in [0.5, 0.6) is 5.75 Å². The lowest BCUT2D eigenvalue weighted by Crippen LogP contribution is -2.29. The molecule has 0 saturated carbocycles. The Kier molecular flexibility index (Phi) is 4.28. The average molecular weight is 243 g/mol. The van der Waals surface area contributed by atoms with Gasteiger partial charge in [-0.15, -0.1) is 0 Å². The Morgan fingerprint density at radius 1 is 1.28 bits per heavy atom. The molecule has 2 aromatic rings. The van der Waals surface area contributed by atoms with Gasteiger partial charge in [-0.05, 0) is 23.6 Å². The van der Waals surface area contributed by atoms with Crippen LogP contribution in [0.3, 0.4) is 0 Å². The van der Waals surface area contributed by atoms with Crippen molar-refractivity contribution in [3.8, 4) is 5.75 Å². The maximum absolute atomic E-state index is 5.63. The molecule has 1 atom stereocenters. The van der Waals surface area contributed by atoms with E-state index in [4.69, 9.17) is 10.6 Å². The van der Waals surface area contributed by atoms with Gasteiger partial charge in [0.1, 0.15) is 5.75 Å². The average Bonchev–Trinajstić information content (AvgIpc) is 2.46. The van der Waals surface area contributed by atoms with Gasteiger partial charge in [-0.3, -0.25) is 16.3 Å². The van der Waals surface area contributed by atoms with Gasteiger partial charge in [0.15, 0.2) is 0 Å². The Bertz CT molecular complexity index is 487. The molecule has 1 aromatic heterocycles. The lowest BCUT2D eigenvalue weighted by molar-refractivity contribution is 0.410. The van der Waals surface area contributed by atoms with Crippen molar-refractivity contribution in [2.24, 2.45) is 5.84 Å². The molecule has 1 aromatic carbocycles. The van der Waals surface area contributed by atoms with Crippen LogP contribution in [0.4, 0.5) is 0 Å². The smallest absolute Gasteiger partial charge is 0.137 e. The number of nitrogens with two attached hydrogens (primary N) is 1. The van der Waals surface area contributed by atoms with E-state index >= 15 is 0 Å². The minimum Gasteiger partial charge on any atom is -0.495 e. The van der Waals surface area contributed by atoms with Gasteiger partial charge in [0.2, 0.25) is 0 Å². The lowest BCUT2D eigenvalue weighted by Gasteiger charge is -2.16. The highest BCUT2D eigenvalue weighted by atomic mass is 16.5. The molecule has 0 aliphatic carbocycles. The zero-order valence-electron chi connectivity index (χ0n) is 10.3. The van der Waals surface area contributed by atoms with Crippen molar-refractivity contribution >= 4 is 0 Å². The summed E-state index contributed by atoms with van der Waals surface area (Å²) in [5.74, 6) is 6.36. The number of benzene rings is 1. The molecule has 0 aliphatic rings. The third-order valence-electron chi connectivity index (χ3n) is 2.86. The summed E-state index contributed by atoms with van der Waals surface area (Å²) in [5, 5.41) is 0. The monoisotopic (exact) mass is 243 g/mol. The Hall–Kier alpha value is -1.91. The molecule has 0 fully saturated rings. The maximum atomic E-state index is 5.63. The van der Waals surface area contributed by atoms with E-state index in [1.54, 1.807) is 19.5 Å². The number of methoxy groups -OCH3 is 1. The molecule has 4 heteroatoms. The zero-order valence-corrected chi connectivity index (χ0v) is 10.3. The van der Waals surface area contributed by atoms with Gasteiger partial charge in [0.25, 0.3) is 0 Å². The number of nitrogens with one attached hydrogen (secondary N) is 1. The number of aromatic nitrogens is 1. The van der Waals surface area contributed by atoms with Crippen LogP contribution in [-0.4, -0.2) is 12.1 Å². The normalized spacial score (nSPS) is 12.1. The van der Waals surface area contributed by atoms with E-state index in [-0.39, 0.29) is 6.04 Å². The second-order valence-corrected chi connectivity index (χ2v) is 4.07. The fourth-order valence-electron chi connectivity index (χ4n) is 1.86. The summed E-state index contributed by atoms with van der Waals surface area (Å²) in [7, 11) is 1.63. The van der Waals surface area contributed by atoms with Crippen LogP contribution in [0, 0.1) is 0 Å². The number of hydrogen-bond donors (Lipinski definition) is 2. The second-order valence-electron chi connectivity index (χ2n) is 4.07. The van der Waals surface area contributed by atoms with Crippen molar-refractivity contribution in [2.45, 2.75) is 12.5 Å². The minimum atomic E-state index is 0.0231. The van der Waals surface area contributed by atoms with Gasteiger partial charge < -0.3 is 4.74 Å². The summed E-state index contributed by atoms with van der Waals surface area (Å²) in [4.78, 5) is 4.15. The van der Waals surface area contributed by atoms with Crippen LogP contribution in [-0.2, 0) is 6.42 Å². The van der Waals surface area contributed by atoms with Gasteiger partial charge in [-0.25, -0.2) is 0 Å². The molecule has 0 saturated heterocycles. The van der Waals surface area contributed by atoms with Crippen LogP contribution in [0.2, 0.25) is 0 Å². The fraction of sp³-hybridized carbons (Fsp3) is 0.214. The first-order valence-electron chi connectivity index (χ1n) is 5.82. The van der Waals surface area contributed by atoms with Crippen LogP contribution in [0.15, 0.2) is 48.8 Å². The minimum absolute atomic E-state index is 0.0231. The van der Waals surface area contributed by atoms with Gasteiger partial charge >= 0.3 is 0 Å². The lowest BCUT2D eigenvalue weighted by atomic mass is 10.0. The van der Waals surface area contributed by atoms with E-state index in [1.807, 2.05) is 24.3 Å². The number of pyridine rings is 1. The Balaban J connectivity index is 2.17. The SMILES string of the molecule is COc1cncc(C(Cc2ccccc2)NN)c1.